The fourth-order valence-electron chi connectivity index (χ4n) is 3.01. The van der Waals surface area contributed by atoms with Crippen LogP contribution >= 0.6 is 15.9 Å². The average Bonchev–Trinajstić information content (AvgIpc) is 2.43. The summed E-state index contributed by atoms with van der Waals surface area (Å²) in [6, 6.07) is 6.96. The SMILES string of the molecule is CCCNC(C)c1cc(Br)ccc1N1C[C@@H](C)O[C@@H](C)C1. The molecule has 3 nitrogen and oxygen atoms in total. The molecular formula is C17H27BrN2O. The Balaban J connectivity index is 2.25. The van der Waals surface area contributed by atoms with Crippen LogP contribution in [0.3, 0.4) is 0 Å². The first-order chi connectivity index (χ1) is 10.0. The zero-order valence-corrected chi connectivity index (χ0v) is 15.1. The minimum absolute atomic E-state index is 0.282. The largest absolute Gasteiger partial charge is 0.372 e. The van der Waals surface area contributed by atoms with Gasteiger partial charge in [0.05, 0.1) is 12.2 Å². The maximum Gasteiger partial charge on any atom is 0.0726 e. The standard InChI is InChI=1S/C17H27BrN2O/c1-5-8-19-14(4)16-9-15(18)6-7-17(16)20-10-12(2)21-13(3)11-20/h6-7,9,12-14,19H,5,8,10-11H2,1-4H3/t12-,13+,14?. The third-order valence-corrected chi connectivity index (χ3v) is 4.41. The van der Waals surface area contributed by atoms with Crippen LogP contribution < -0.4 is 10.2 Å². The van der Waals surface area contributed by atoms with Crippen molar-refractivity contribution < 1.29 is 4.74 Å². The van der Waals surface area contributed by atoms with Crippen molar-refractivity contribution in [2.45, 2.75) is 52.4 Å². The predicted octanol–water partition coefficient (Wildman–Crippen LogP) is 4.12. The van der Waals surface area contributed by atoms with E-state index in [0.717, 1.165) is 30.5 Å². The molecule has 1 N–H and O–H groups in total. The lowest BCUT2D eigenvalue weighted by molar-refractivity contribution is -0.00528. The highest BCUT2D eigenvalue weighted by molar-refractivity contribution is 9.10. The summed E-state index contributed by atoms with van der Waals surface area (Å²) in [6.07, 6.45) is 1.72. The van der Waals surface area contributed by atoms with E-state index in [1.54, 1.807) is 0 Å². The van der Waals surface area contributed by atoms with Crippen LogP contribution in [0.2, 0.25) is 0 Å². The third-order valence-electron chi connectivity index (χ3n) is 3.92. The van der Waals surface area contributed by atoms with Crippen LogP contribution in [-0.4, -0.2) is 31.8 Å². The summed E-state index contributed by atoms with van der Waals surface area (Å²) < 4.78 is 7.00. The molecule has 118 valence electrons. The normalized spacial score (nSPS) is 24.1. The molecule has 1 unspecified atom stereocenters. The minimum Gasteiger partial charge on any atom is -0.372 e. The van der Waals surface area contributed by atoms with Gasteiger partial charge in [0, 0.05) is 29.3 Å². The van der Waals surface area contributed by atoms with Gasteiger partial charge in [0.2, 0.25) is 0 Å². The zero-order valence-electron chi connectivity index (χ0n) is 13.5. The number of nitrogens with zero attached hydrogens (tertiary/aromatic N) is 1. The maximum atomic E-state index is 5.86. The molecule has 0 aromatic heterocycles. The monoisotopic (exact) mass is 354 g/mol. The van der Waals surface area contributed by atoms with Crippen LogP contribution in [0.4, 0.5) is 5.69 Å². The molecule has 0 aliphatic carbocycles. The Bertz CT molecular complexity index is 456. The molecule has 3 atom stereocenters. The van der Waals surface area contributed by atoms with E-state index >= 15 is 0 Å². The van der Waals surface area contributed by atoms with Crippen LogP contribution in [0.15, 0.2) is 22.7 Å². The molecule has 0 spiro atoms. The number of hydrogen-bond acceptors (Lipinski definition) is 3. The fourth-order valence-corrected chi connectivity index (χ4v) is 3.38. The maximum absolute atomic E-state index is 5.86. The lowest BCUT2D eigenvalue weighted by Gasteiger charge is -2.38. The van der Waals surface area contributed by atoms with E-state index in [-0.39, 0.29) is 12.2 Å². The van der Waals surface area contributed by atoms with Gasteiger partial charge in [0.15, 0.2) is 0 Å². The van der Waals surface area contributed by atoms with Crippen LogP contribution in [0, 0.1) is 0 Å². The van der Waals surface area contributed by atoms with Gasteiger partial charge < -0.3 is 15.0 Å². The molecular weight excluding hydrogens is 328 g/mol. The quantitative estimate of drug-likeness (QED) is 0.860. The van der Waals surface area contributed by atoms with Crippen molar-refractivity contribution in [1.29, 1.82) is 0 Å². The Hall–Kier alpha value is -0.580. The van der Waals surface area contributed by atoms with Crippen LogP contribution in [0.1, 0.15) is 45.7 Å². The second-order valence-electron chi connectivity index (χ2n) is 6.04. The van der Waals surface area contributed by atoms with E-state index in [9.17, 15) is 0 Å². The molecule has 1 fully saturated rings. The van der Waals surface area contributed by atoms with Gasteiger partial charge >= 0.3 is 0 Å². The molecule has 2 rings (SSSR count). The number of rotatable bonds is 5. The third kappa shape index (κ3) is 4.44. The smallest absolute Gasteiger partial charge is 0.0726 e. The Morgan fingerprint density at radius 2 is 2.00 bits per heavy atom. The lowest BCUT2D eigenvalue weighted by atomic mass is 10.0. The Morgan fingerprint density at radius 3 is 2.62 bits per heavy atom. The van der Waals surface area contributed by atoms with E-state index in [1.165, 1.54) is 11.3 Å². The summed E-state index contributed by atoms with van der Waals surface area (Å²) in [7, 11) is 0. The van der Waals surface area contributed by atoms with Crippen molar-refractivity contribution in [3.8, 4) is 0 Å². The number of nitrogens with one attached hydrogen (secondary N) is 1. The minimum atomic E-state index is 0.282. The topological polar surface area (TPSA) is 24.5 Å². The van der Waals surface area contributed by atoms with Crippen LogP contribution in [0.25, 0.3) is 0 Å². The first-order valence-corrected chi connectivity index (χ1v) is 8.73. The molecule has 0 saturated carbocycles. The van der Waals surface area contributed by atoms with Gasteiger partial charge in [0.25, 0.3) is 0 Å². The van der Waals surface area contributed by atoms with E-state index < -0.39 is 0 Å². The van der Waals surface area contributed by atoms with E-state index in [1.807, 2.05) is 0 Å². The van der Waals surface area contributed by atoms with Gasteiger partial charge in [-0.05, 0) is 57.5 Å². The van der Waals surface area contributed by atoms with Gasteiger partial charge in [-0.2, -0.15) is 0 Å². The number of halogens is 1. The molecule has 1 aliphatic heterocycles. The summed E-state index contributed by atoms with van der Waals surface area (Å²) in [4.78, 5) is 2.46. The van der Waals surface area contributed by atoms with Crippen molar-refractivity contribution >= 4 is 21.6 Å². The van der Waals surface area contributed by atoms with E-state index in [0.29, 0.717) is 6.04 Å². The molecule has 21 heavy (non-hydrogen) atoms. The summed E-state index contributed by atoms with van der Waals surface area (Å²) in [5.74, 6) is 0. The van der Waals surface area contributed by atoms with Crippen molar-refractivity contribution in [3.63, 3.8) is 0 Å². The summed E-state index contributed by atoms with van der Waals surface area (Å²) >= 11 is 3.61. The number of hydrogen-bond donors (Lipinski definition) is 1. The Labute approximate surface area is 137 Å². The number of ether oxygens (including phenoxy) is 1. The second kappa shape index (κ2) is 7.61. The number of anilines is 1. The molecule has 0 radical (unpaired) electrons. The Kier molecular flexibility index (Phi) is 6.08. The summed E-state index contributed by atoms with van der Waals surface area (Å²) in [5, 5.41) is 3.60. The summed E-state index contributed by atoms with van der Waals surface area (Å²) in [5.41, 5.74) is 2.69. The van der Waals surface area contributed by atoms with Gasteiger partial charge in [0.1, 0.15) is 0 Å². The highest BCUT2D eigenvalue weighted by atomic mass is 79.9. The second-order valence-corrected chi connectivity index (χ2v) is 6.96. The van der Waals surface area contributed by atoms with Crippen molar-refractivity contribution in [3.05, 3.63) is 28.2 Å². The van der Waals surface area contributed by atoms with Crippen molar-refractivity contribution in [1.82, 2.24) is 5.32 Å². The number of morpholine rings is 1. The first-order valence-electron chi connectivity index (χ1n) is 7.94. The molecule has 0 amide bonds. The first kappa shape index (κ1) is 16.8. The molecule has 1 heterocycles. The lowest BCUT2D eigenvalue weighted by Crippen LogP contribution is -2.46. The van der Waals surface area contributed by atoms with Crippen molar-refractivity contribution in [2.24, 2.45) is 0 Å². The van der Waals surface area contributed by atoms with E-state index in [4.69, 9.17) is 4.74 Å². The molecule has 1 aromatic rings. The average molecular weight is 355 g/mol. The summed E-state index contributed by atoms with van der Waals surface area (Å²) in [6.45, 7) is 11.7. The molecule has 0 bridgehead atoms. The molecule has 4 heteroatoms. The zero-order chi connectivity index (χ0) is 15.4. The fraction of sp³-hybridized carbons (Fsp3) is 0.647. The number of benzene rings is 1. The van der Waals surface area contributed by atoms with Gasteiger partial charge in [-0.3, -0.25) is 0 Å². The van der Waals surface area contributed by atoms with Gasteiger partial charge in [-0.15, -0.1) is 0 Å². The van der Waals surface area contributed by atoms with Gasteiger partial charge in [-0.25, -0.2) is 0 Å². The molecule has 1 saturated heterocycles. The van der Waals surface area contributed by atoms with Crippen molar-refractivity contribution in [2.75, 3.05) is 24.5 Å². The van der Waals surface area contributed by atoms with Crippen LogP contribution in [0.5, 0.6) is 0 Å². The van der Waals surface area contributed by atoms with E-state index in [2.05, 4.69) is 72.0 Å². The van der Waals surface area contributed by atoms with Crippen LogP contribution in [-0.2, 0) is 4.74 Å². The highest BCUT2D eigenvalue weighted by Crippen LogP contribution is 2.31. The predicted molar refractivity (Wildman–Crippen MR) is 93.1 cm³/mol. The molecule has 1 aromatic carbocycles. The molecule has 1 aliphatic rings. The van der Waals surface area contributed by atoms with Gasteiger partial charge in [-0.1, -0.05) is 22.9 Å². The Morgan fingerprint density at radius 1 is 1.33 bits per heavy atom. The highest BCUT2D eigenvalue weighted by Gasteiger charge is 2.25.